The van der Waals surface area contributed by atoms with Crippen LogP contribution in [-0.4, -0.2) is 45.8 Å². The molecule has 1 aromatic heterocycles. The van der Waals surface area contributed by atoms with Gasteiger partial charge in [-0.2, -0.15) is 0 Å². The van der Waals surface area contributed by atoms with Crippen molar-refractivity contribution in [1.82, 2.24) is 20.2 Å². The van der Waals surface area contributed by atoms with E-state index in [1.165, 1.54) is 29.5 Å². The van der Waals surface area contributed by atoms with Gasteiger partial charge in [0, 0.05) is 30.5 Å². The van der Waals surface area contributed by atoms with E-state index in [9.17, 15) is 4.79 Å². The van der Waals surface area contributed by atoms with Crippen molar-refractivity contribution in [1.29, 1.82) is 0 Å². The van der Waals surface area contributed by atoms with E-state index in [1.807, 2.05) is 24.3 Å². The quantitative estimate of drug-likeness (QED) is 0.694. The van der Waals surface area contributed by atoms with Crippen LogP contribution in [0.15, 0.2) is 54.9 Å². The summed E-state index contributed by atoms with van der Waals surface area (Å²) >= 11 is 0. The molecule has 1 saturated heterocycles. The summed E-state index contributed by atoms with van der Waals surface area (Å²) in [6.07, 6.45) is 3.95. The predicted octanol–water partition coefficient (Wildman–Crippen LogP) is 2.92. The van der Waals surface area contributed by atoms with E-state index < -0.39 is 0 Å². The van der Waals surface area contributed by atoms with Crippen molar-refractivity contribution < 1.29 is 9.53 Å². The van der Waals surface area contributed by atoms with Crippen LogP contribution in [0.4, 0.5) is 11.4 Å². The number of rotatable bonds is 6. The maximum absolute atomic E-state index is 12.2. The van der Waals surface area contributed by atoms with Gasteiger partial charge in [0.15, 0.2) is 6.61 Å². The number of nitrogens with one attached hydrogen (secondary N) is 1. The Hall–Kier alpha value is -3.42. The van der Waals surface area contributed by atoms with Gasteiger partial charge < -0.3 is 15.0 Å². The third kappa shape index (κ3) is 4.90. The van der Waals surface area contributed by atoms with Crippen LogP contribution in [0.25, 0.3) is 5.69 Å². The van der Waals surface area contributed by atoms with Gasteiger partial charge in [0.05, 0.1) is 5.69 Å². The number of amides is 1. The second-order valence-corrected chi connectivity index (χ2v) is 7.31. The molecule has 0 bridgehead atoms. The fourth-order valence-corrected chi connectivity index (χ4v) is 3.36. The molecule has 8 heteroatoms. The van der Waals surface area contributed by atoms with Crippen molar-refractivity contribution in [2.75, 3.05) is 29.9 Å². The summed E-state index contributed by atoms with van der Waals surface area (Å²) in [5.74, 6) is 1.17. The normalized spacial score (nSPS) is 14.6. The smallest absolute Gasteiger partial charge is 0.262 e. The molecule has 0 unspecified atom stereocenters. The zero-order valence-electron chi connectivity index (χ0n) is 16.4. The molecule has 2 aromatic carbocycles. The van der Waals surface area contributed by atoms with Gasteiger partial charge >= 0.3 is 0 Å². The summed E-state index contributed by atoms with van der Waals surface area (Å²) in [6.45, 7) is 4.40. The SMILES string of the molecule is CC1CCN(c2ccc(NC(=O)COc3cccc(-n4cnnn4)c3)cc2)CC1. The topological polar surface area (TPSA) is 85.2 Å². The number of ether oxygens (including phenoxy) is 1. The van der Waals surface area contributed by atoms with Crippen LogP contribution in [-0.2, 0) is 4.79 Å². The lowest BCUT2D eigenvalue weighted by atomic mass is 9.99. The Labute approximate surface area is 169 Å². The third-order valence-corrected chi connectivity index (χ3v) is 5.10. The molecule has 150 valence electrons. The highest BCUT2D eigenvalue weighted by Crippen LogP contribution is 2.24. The van der Waals surface area contributed by atoms with Crippen molar-refractivity contribution >= 4 is 17.3 Å². The van der Waals surface area contributed by atoms with E-state index in [2.05, 4.69) is 44.8 Å². The molecule has 4 rings (SSSR count). The van der Waals surface area contributed by atoms with E-state index in [1.54, 1.807) is 12.1 Å². The van der Waals surface area contributed by atoms with Gasteiger partial charge in [-0.25, -0.2) is 4.68 Å². The van der Waals surface area contributed by atoms with Crippen molar-refractivity contribution in [2.24, 2.45) is 5.92 Å². The zero-order chi connectivity index (χ0) is 20.1. The average Bonchev–Trinajstić information content (AvgIpc) is 3.29. The minimum atomic E-state index is -0.211. The van der Waals surface area contributed by atoms with Gasteiger partial charge in [0.25, 0.3) is 5.91 Å². The Balaban J connectivity index is 1.29. The van der Waals surface area contributed by atoms with Gasteiger partial charge in [-0.05, 0) is 65.6 Å². The highest BCUT2D eigenvalue weighted by molar-refractivity contribution is 5.92. The Morgan fingerprint density at radius 3 is 2.66 bits per heavy atom. The fraction of sp³-hybridized carbons (Fsp3) is 0.333. The summed E-state index contributed by atoms with van der Waals surface area (Å²) in [4.78, 5) is 14.6. The number of aromatic nitrogens is 4. The highest BCUT2D eigenvalue weighted by Gasteiger charge is 2.16. The number of carbonyl (C=O) groups excluding carboxylic acids is 1. The minimum Gasteiger partial charge on any atom is -0.484 e. The molecule has 1 aliphatic heterocycles. The van der Waals surface area contributed by atoms with Gasteiger partial charge in [0.2, 0.25) is 0 Å². The van der Waals surface area contributed by atoms with E-state index in [0.717, 1.165) is 30.4 Å². The molecule has 0 atom stereocenters. The lowest BCUT2D eigenvalue weighted by molar-refractivity contribution is -0.118. The number of benzene rings is 2. The van der Waals surface area contributed by atoms with Crippen molar-refractivity contribution in [2.45, 2.75) is 19.8 Å². The Kier molecular flexibility index (Phi) is 5.69. The molecule has 1 N–H and O–H groups in total. The van der Waals surface area contributed by atoms with Crippen LogP contribution in [0.1, 0.15) is 19.8 Å². The molecular formula is C21H24N6O2. The summed E-state index contributed by atoms with van der Waals surface area (Å²) in [5, 5.41) is 13.9. The molecule has 2 heterocycles. The molecular weight excluding hydrogens is 368 g/mol. The monoisotopic (exact) mass is 392 g/mol. The first-order valence-corrected chi connectivity index (χ1v) is 9.78. The maximum atomic E-state index is 12.2. The van der Waals surface area contributed by atoms with Crippen molar-refractivity contribution in [3.8, 4) is 11.4 Å². The largest absolute Gasteiger partial charge is 0.484 e. The standard InChI is InChI=1S/C21H24N6O2/c1-16-9-11-26(12-10-16)18-7-5-17(6-8-18)23-21(28)14-29-20-4-2-3-19(13-20)27-15-22-24-25-27/h2-8,13,15-16H,9-12,14H2,1H3,(H,23,28). The maximum Gasteiger partial charge on any atom is 0.262 e. The first-order chi connectivity index (χ1) is 14.2. The summed E-state index contributed by atoms with van der Waals surface area (Å²) in [5.41, 5.74) is 2.72. The zero-order valence-corrected chi connectivity index (χ0v) is 16.4. The van der Waals surface area contributed by atoms with E-state index in [-0.39, 0.29) is 12.5 Å². The van der Waals surface area contributed by atoms with Gasteiger partial charge in [0.1, 0.15) is 12.1 Å². The van der Waals surface area contributed by atoms with Crippen molar-refractivity contribution in [3.63, 3.8) is 0 Å². The molecule has 0 aliphatic carbocycles. The van der Waals surface area contributed by atoms with Gasteiger partial charge in [-0.3, -0.25) is 4.79 Å². The second kappa shape index (κ2) is 8.72. The summed E-state index contributed by atoms with van der Waals surface area (Å²) < 4.78 is 7.13. The minimum absolute atomic E-state index is 0.0785. The van der Waals surface area contributed by atoms with E-state index in [4.69, 9.17) is 4.74 Å². The molecule has 0 radical (unpaired) electrons. The summed E-state index contributed by atoms with van der Waals surface area (Å²) in [7, 11) is 0. The second-order valence-electron chi connectivity index (χ2n) is 7.31. The molecule has 8 nitrogen and oxygen atoms in total. The molecule has 29 heavy (non-hydrogen) atoms. The van der Waals surface area contributed by atoms with Crippen LogP contribution in [0.2, 0.25) is 0 Å². The van der Waals surface area contributed by atoms with Crippen LogP contribution in [0, 0.1) is 5.92 Å². The van der Waals surface area contributed by atoms with Crippen molar-refractivity contribution in [3.05, 3.63) is 54.9 Å². The molecule has 0 spiro atoms. The fourth-order valence-electron chi connectivity index (χ4n) is 3.36. The Morgan fingerprint density at radius 2 is 1.93 bits per heavy atom. The number of piperidine rings is 1. The summed E-state index contributed by atoms with van der Waals surface area (Å²) in [6, 6.07) is 15.2. The number of carbonyl (C=O) groups is 1. The lowest BCUT2D eigenvalue weighted by Gasteiger charge is -2.32. The number of anilines is 2. The molecule has 1 aliphatic rings. The molecule has 1 fully saturated rings. The lowest BCUT2D eigenvalue weighted by Crippen LogP contribution is -2.32. The van der Waals surface area contributed by atoms with Crippen LogP contribution >= 0.6 is 0 Å². The molecule has 3 aromatic rings. The predicted molar refractivity (Wildman–Crippen MR) is 110 cm³/mol. The van der Waals surface area contributed by atoms with E-state index in [0.29, 0.717) is 5.75 Å². The first-order valence-electron chi connectivity index (χ1n) is 9.78. The van der Waals surface area contributed by atoms with Gasteiger partial charge in [-0.15, -0.1) is 5.10 Å². The molecule has 1 amide bonds. The Morgan fingerprint density at radius 1 is 1.14 bits per heavy atom. The number of hydrogen-bond acceptors (Lipinski definition) is 6. The number of nitrogens with zero attached hydrogens (tertiary/aromatic N) is 5. The average molecular weight is 392 g/mol. The third-order valence-electron chi connectivity index (χ3n) is 5.10. The number of hydrogen-bond donors (Lipinski definition) is 1. The van der Waals surface area contributed by atoms with Gasteiger partial charge in [-0.1, -0.05) is 13.0 Å². The first kappa shape index (κ1) is 18.9. The van der Waals surface area contributed by atoms with Crippen LogP contribution in [0.5, 0.6) is 5.75 Å². The number of tetrazole rings is 1. The van der Waals surface area contributed by atoms with Crippen LogP contribution < -0.4 is 15.0 Å². The van der Waals surface area contributed by atoms with Crippen LogP contribution in [0.3, 0.4) is 0 Å². The highest BCUT2D eigenvalue weighted by atomic mass is 16.5. The van der Waals surface area contributed by atoms with E-state index >= 15 is 0 Å². The Bertz CT molecular complexity index is 934. The molecule has 0 saturated carbocycles.